The number of β-lactam (4-membered cyclic amide) rings is 1. The van der Waals surface area contributed by atoms with Gasteiger partial charge in [-0.05, 0) is 33.1 Å². The SMILES string of the molecule is CC(N)=NC1CCN(C(=O)C2CC(SC3=C(OC(=O)O)N4C(=O)C(C(C)O)[C@@H]4C3C)CN2)CC1. The van der Waals surface area contributed by atoms with Crippen LogP contribution in [0.3, 0.4) is 0 Å². The van der Waals surface area contributed by atoms with Crippen molar-refractivity contribution in [1.82, 2.24) is 15.1 Å². The van der Waals surface area contributed by atoms with Crippen molar-refractivity contribution >= 4 is 35.6 Å². The topological polar surface area (TPSA) is 158 Å². The number of carbonyl (C=O) groups is 3. The number of ether oxygens (including phenoxy) is 1. The highest BCUT2D eigenvalue weighted by Gasteiger charge is 2.60. The van der Waals surface area contributed by atoms with Crippen LogP contribution in [0.4, 0.5) is 4.79 Å². The zero-order chi connectivity index (χ0) is 24.7. The number of likely N-dealkylation sites (tertiary alicyclic amines) is 1. The number of amidine groups is 1. The van der Waals surface area contributed by atoms with Crippen LogP contribution in [0, 0.1) is 11.8 Å². The third-order valence-electron chi connectivity index (χ3n) is 7.09. The number of piperidine rings is 1. The van der Waals surface area contributed by atoms with E-state index in [2.05, 4.69) is 10.3 Å². The third-order valence-corrected chi connectivity index (χ3v) is 8.59. The number of aliphatic hydroxyl groups excluding tert-OH is 1. The highest BCUT2D eigenvalue weighted by Crippen LogP contribution is 2.52. The number of rotatable bonds is 6. The molecule has 0 bridgehead atoms. The lowest BCUT2D eigenvalue weighted by Gasteiger charge is -2.45. The molecule has 34 heavy (non-hydrogen) atoms. The summed E-state index contributed by atoms with van der Waals surface area (Å²) in [7, 11) is 0. The van der Waals surface area contributed by atoms with Crippen LogP contribution in [0.5, 0.6) is 0 Å². The number of thioether (sulfide) groups is 1. The zero-order valence-electron chi connectivity index (χ0n) is 19.6. The van der Waals surface area contributed by atoms with Crippen molar-refractivity contribution < 1.29 is 29.3 Å². The number of carbonyl (C=O) groups excluding carboxylic acids is 2. The molecule has 12 heteroatoms. The molecular weight excluding hydrogens is 462 g/mol. The van der Waals surface area contributed by atoms with Gasteiger partial charge in [-0.3, -0.25) is 19.5 Å². The highest BCUT2D eigenvalue weighted by atomic mass is 32.2. The number of nitrogens with two attached hydrogens (primary N) is 1. The molecule has 0 aromatic heterocycles. The maximum absolute atomic E-state index is 13.1. The maximum Gasteiger partial charge on any atom is 0.512 e. The van der Waals surface area contributed by atoms with E-state index in [1.807, 2.05) is 11.8 Å². The van der Waals surface area contributed by atoms with Gasteiger partial charge in [-0.15, -0.1) is 11.8 Å². The predicted octanol–water partition coefficient (Wildman–Crippen LogP) is 0.539. The van der Waals surface area contributed by atoms with Gasteiger partial charge in [0.2, 0.25) is 17.7 Å². The quantitative estimate of drug-likeness (QED) is 0.179. The minimum absolute atomic E-state index is 0.0274. The van der Waals surface area contributed by atoms with Gasteiger partial charge in [-0.2, -0.15) is 0 Å². The van der Waals surface area contributed by atoms with Crippen LogP contribution in [0.15, 0.2) is 15.8 Å². The highest BCUT2D eigenvalue weighted by molar-refractivity contribution is 8.03. The molecule has 0 aliphatic carbocycles. The summed E-state index contributed by atoms with van der Waals surface area (Å²) in [6, 6.07) is -0.466. The Morgan fingerprint density at radius 1 is 1.32 bits per heavy atom. The van der Waals surface area contributed by atoms with Gasteiger partial charge in [-0.25, -0.2) is 4.79 Å². The summed E-state index contributed by atoms with van der Waals surface area (Å²) in [5.41, 5.74) is 5.67. The van der Waals surface area contributed by atoms with Crippen molar-refractivity contribution in [3.8, 4) is 0 Å². The summed E-state index contributed by atoms with van der Waals surface area (Å²) in [5, 5.41) is 22.6. The predicted molar refractivity (Wildman–Crippen MR) is 126 cm³/mol. The summed E-state index contributed by atoms with van der Waals surface area (Å²) in [6.45, 7) is 7.14. The number of hydrogen-bond acceptors (Lipinski definition) is 8. The van der Waals surface area contributed by atoms with Crippen molar-refractivity contribution in [2.75, 3.05) is 19.6 Å². The van der Waals surface area contributed by atoms with Crippen molar-refractivity contribution in [3.05, 3.63) is 10.8 Å². The molecule has 2 amide bonds. The molecule has 4 heterocycles. The minimum atomic E-state index is -1.48. The zero-order valence-corrected chi connectivity index (χ0v) is 20.5. The first-order valence-electron chi connectivity index (χ1n) is 11.7. The van der Waals surface area contributed by atoms with Gasteiger partial charge < -0.3 is 30.9 Å². The van der Waals surface area contributed by atoms with Crippen LogP contribution < -0.4 is 11.1 Å². The van der Waals surface area contributed by atoms with Crippen LogP contribution in [-0.2, 0) is 14.3 Å². The smallest absolute Gasteiger partial charge is 0.449 e. The summed E-state index contributed by atoms with van der Waals surface area (Å²) in [4.78, 5) is 45.3. The molecule has 188 valence electrons. The van der Waals surface area contributed by atoms with Crippen molar-refractivity contribution in [1.29, 1.82) is 0 Å². The Morgan fingerprint density at radius 3 is 2.59 bits per heavy atom. The second kappa shape index (κ2) is 9.74. The van der Waals surface area contributed by atoms with Crippen molar-refractivity contribution in [3.63, 3.8) is 0 Å². The lowest BCUT2D eigenvalue weighted by Crippen LogP contribution is -2.63. The molecule has 0 aromatic carbocycles. The first-order valence-corrected chi connectivity index (χ1v) is 12.6. The largest absolute Gasteiger partial charge is 0.512 e. The van der Waals surface area contributed by atoms with Crippen molar-refractivity contribution in [2.24, 2.45) is 22.6 Å². The Morgan fingerprint density at radius 2 is 2.00 bits per heavy atom. The van der Waals surface area contributed by atoms with Gasteiger partial charge >= 0.3 is 6.16 Å². The van der Waals surface area contributed by atoms with Crippen LogP contribution in [0.2, 0.25) is 0 Å². The fourth-order valence-electron chi connectivity index (χ4n) is 5.49. The minimum Gasteiger partial charge on any atom is -0.449 e. The van der Waals surface area contributed by atoms with Crippen LogP contribution in [0.25, 0.3) is 0 Å². The summed E-state index contributed by atoms with van der Waals surface area (Å²) in [5.74, 6) is -0.393. The Labute approximate surface area is 202 Å². The number of amides is 2. The molecule has 4 aliphatic heterocycles. The lowest BCUT2D eigenvalue weighted by molar-refractivity contribution is -0.163. The van der Waals surface area contributed by atoms with Gasteiger partial charge in [-0.1, -0.05) is 6.92 Å². The number of fused-ring (bicyclic) bond motifs is 1. The van der Waals surface area contributed by atoms with Crippen molar-refractivity contribution in [2.45, 2.75) is 69.5 Å². The Hall–Kier alpha value is -2.31. The number of aliphatic imine (C=N–C) groups is 1. The molecule has 11 nitrogen and oxygen atoms in total. The first-order chi connectivity index (χ1) is 16.1. The van der Waals surface area contributed by atoms with E-state index < -0.39 is 18.2 Å². The molecule has 0 spiro atoms. The van der Waals surface area contributed by atoms with Crippen LogP contribution >= 0.6 is 11.8 Å². The second-order valence-corrected chi connectivity index (χ2v) is 10.9. The molecule has 3 saturated heterocycles. The van der Waals surface area contributed by atoms with Gasteiger partial charge in [0.1, 0.15) is 0 Å². The molecule has 0 radical (unpaired) electrons. The number of nitrogens with zero attached hydrogens (tertiary/aromatic N) is 3. The average Bonchev–Trinajstić information content (AvgIpc) is 3.30. The molecule has 3 fully saturated rings. The van der Waals surface area contributed by atoms with Gasteiger partial charge in [0, 0.05) is 30.8 Å². The fourth-order valence-corrected chi connectivity index (χ4v) is 6.91. The third kappa shape index (κ3) is 4.63. The van der Waals surface area contributed by atoms with Gasteiger partial charge in [0.15, 0.2) is 0 Å². The molecule has 4 rings (SSSR count). The second-order valence-electron chi connectivity index (χ2n) is 9.55. The molecule has 5 unspecified atom stereocenters. The van der Waals surface area contributed by atoms with E-state index >= 15 is 0 Å². The maximum atomic E-state index is 13.1. The van der Waals surface area contributed by atoms with E-state index in [-0.39, 0.29) is 47.0 Å². The summed E-state index contributed by atoms with van der Waals surface area (Å²) >= 11 is 1.46. The van der Waals surface area contributed by atoms with Crippen LogP contribution in [0.1, 0.15) is 40.0 Å². The molecule has 5 N–H and O–H groups in total. The molecule has 4 aliphatic rings. The lowest BCUT2D eigenvalue weighted by atomic mass is 9.79. The Balaban J connectivity index is 1.39. The fraction of sp³-hybridized carbons (Fsp3) is 0.727. The standard InChI is InChI=1S/C22H33N5O6S/c1-10-17-16(11(2)28)20(30)27(17)21(33-22(31)32)18(10)34-14-8-15(24-9-14)19(29)26-6-4-13(5-7-26)25-12(3)23/h10-11,13-17,24,28H,4-9H2,1-3H3,(H2,23,25)(H,31,32)/t10?,11?,14?,15?,16?,17-/m0/s1. The average molecular weight is 496 g/mol. The number of carboxylic acid groups (broad SMARTS) is 1. The Bertz CT molecular complexity index is 911. The normalized spacial score (nSPS) is 33.1. The molecule has 0 aromatic rings. The van der Waals surface area contributed by atoms with E-state index in [9.17, 15) is 24.6 Å². The van der Waals surface area contributed by atoms with Crippen LogP contribution in [-0.4, -0.2) is 92.9 Å². The number of aliphatic hydroxyl groups is 1. The van der Waals surface area contributed by atoms with E-state index in [1.54, 1.807) is 13.8 Å². The van der Waals surface area contributed by atoms with E-state index in [0.29, 0.717) is 36.8 Å². The summed E-state index contributed by atoms with van der Waals surface area (Å²) in [6.07, 6.45) is -0.129. The molecule has 0 saturated carbocycles. The number of nitrogens with one attached hydrogen (secondary N) is 1. The van der Waals surface area contributed by atoms with Gasteiger partial charge in [0.05, 0.1) is 40.9 Å². The Kier molecular flexibility index (Phi) is 7.11. The number of hydrogen-bond donors (Lipinski definition) is 4. The monoisotopic (exact) mass is 495 g/mol. The molecular formula is C22H33N5O6S. The van der Waals surface area contributed by atoms with E-state index in [0.717, 1.165) is 12.8 Å². The molecule has 6 atom stereocenters. The first kappa shape index (κ1) is 24.8. The van der Waals surface area contributed by atoms with E-state index in [4.69, 9.17) is 10.5 Å². The van der Waals surface area contributed by atoms with Gasteiger partial charge in [0.25, 0.3) is 0 Å². The summed E-state index contributed by atoms with van der Waals surface area (Å²) < 4.78 is 5.03. The van der Waals surface area contributed by atoms with E-state index in [1.165, 1.54) is 16.7 Å².